The molecule has 0 aliphatic carbocycles. The summed E-state index contributed by atoms with van der Waals surface area (Å²) in [4.78, 5) is 42.9. The summed E-state index contributed by atoms with van der Waals surface area (Å²) in [6.07, 6.45) is 0.0292. The van der Waals surface area contributed by atoms with Gasteiger partial charge in [0.2, 0.25) is 5.91 Å². The van der Waals surface area contributed by atoms with Crippen LogP contribution in [-0.4, -0.2) is 20.4 Å². The third-order valence-corrected chi connectivity index (χ3v) is 5.12. The second-order valence-electron chi connectivity index (χ2n) is 6.27. The van der Waals surface area contributed by atoms with E-state index < -0.39 is 11.2 Å². The van der Waals surface area contributed by atoms with Crippen LogP contribution in [0.5, 0.6) is 0 Å². The number of benzene rings is 2. The Labute approximate surface area is 167 Å². The summed E-state index contributed by atoms with van der Waals surface area (Å²) in [7, 11) is 0. The standard InChI is InChI=1S/C20H15FN4O3S/c21-13-7-5-12(6-8-13)15-11-29-19(22-15)23-17(26)9-10-25-16-4-2-1-3-14(16)18(27)24-20(25)28/h1-8,11H,9-10H2,(H,22,23,26)(H,24,27,28). The number of hydrogen-bond donors (Lipinski definition) is 2. The lowest BCUT2D eigenvalue weighted by Gasteiger charge is -2.09. The molecule has 0 unspecified atom stereocenters. The summed E-state index contributed by atoms with van der Waals surface area (Å²) in [6, 6.07) is 12.6. The third-order valence-electron chi connectivity index (χ3n) is 4.36. The largest absolute Gasteiger partial charge is 0.328 e. The van der Waals surface area contributed by atoms with Crippen LogP contribution >= 0.6 is 11.3 Å². The van der Waals surface area contributed by atoms with Crippen LogP contribution in [0.15, 0.2) is 63.5 Å². The average molecular weight is 410 g/mol. The molecule has 4 rings (SSSR count). The van der Waals surface area contributed by atoms with Crippen molar-refractivity contribution in [2.24, 2.45) is 0 Å². The van der Waals surface area contributed by atoms with Gasteiger partial charge in [0.1, 0.15) is 5.82 Å². The minimum Gasteiger partial charge on any atom is -0.302 e. The number of aryl methyl sites for hydroxylation is 1. The first-order valence-corrected chi connectivity index (χ1v) is 9.62. The number of hydrogen-bond acceptors (Lipinski definition) is 5. The second-order valence-corrected chi connectivity index (χ2v) is 7.13. The van der Waals surface area contributed by atoms with Crippen molar-refractivity contribution in [1.82, 2.24) is 14.5 Å². The zero-order valence-electron chi connectivity index (χ0n) is 15.0. The lowest BCUT2D eigenvalue weighted by molar-refractivity contribution is -0.116. The number of nitrogens with zero attached hydrogens (tertiary/aromatic N) is 2. The van der Waals surface area contributed by atoms with E-state index in [1.54, 1.807) is 41.8 Å². The van der Waals surface area contributed by atoms with Crippen molar-refractivity contribution >= 4 is 33.3 Å². The number of fused-ring (bicyclic) bond motifs is 1. The lowest BCUT2D eigenvalue weighted by Crippen LogP contribution is -2.31. The fraction of sp³-hybridized carbons (Fsp3) is 0.100. The molecule has 0 aliphatic rings. The second kappa shape index (κ2) is 7.80. The number of rotatable bonds is 5. The normalized spacial score (nSPS) is 10.9. The first-order chi connectivity index (χ1) is 14.0. The fourth-order valence-electron chi connectivity index (χ4n) is 2.94. The molecule has 0 fully saturated rings. The van der Waals surface area contributed by atoms with Gasteiger partial charge < -0.3 is 5.32 Å². The van der Waals surface area contributed by atoms with Gasteiger partial charge in [-0.1, -0.05) is 12.1 Å². The highest BCUT2D eigenvalue weighted by Crippen LogP contribution is 2.25. The van der Waals surface area contributed by atoms with Crippen molar-refractivity contribution in [3.8, 4) is 11.3 Å². The van der Waals surface area contributed by atoms with Gasteiger partial charge >= 0.3 is 5.69 Å². The van der Waals surface area contributed by atoms with Gasteiger partial charge in [-0.2, -0.15) is 0 Å². The summed E-state index contributed by atoms with van der Waals surface area (Å²) in [5, 5.41) is 5.26. The minimum absolute atomic E-state index is 0.0292. The summed E-state index contributed by atoms with van der Waals surface area (Å²) in [5.41, 5.74) is 0.834. The van der Waals surface area contributed by atoms with Crippen LogP contribution in [0.1, 0.15) is 6.42 Å². The lowest BCUT2D eigenvalue weighted by atomic mass is 10.2. The highest BCUT2D eigenvalue weighted by atomic mass is 32.1. The number of H-pyrrole nitrogens is 1. The summed E-state index contributed by atoms with van der Waals surface area (Å²) in [6.45, 7) is 0.109. The van der Waals surface area contributed by atoms with Crippen molar-refractivity contribution in [1.29, 1.82) is 0 Å². The molecule has 7 nitrogen and oxygen atoms in total. The number of thiazole rings is 1. The van der Waals surface area contributed by atoms with E-state index in [0.717, 1.165) is 5.56 Å². The maximum atomic E-state index is 13.0. The van der Waals surface area contributed by atoms with E-state index in [9.17, 15) is 18.8 Å². The van der Waals surface area contributed by atoms with Crippen LogP contribution in [0.25, 0.3) is 22.2 Å². The van der Waals surface area contributed by atoms with Gasteiger partial charge in [-0.3, -0.25) is 19.1 Å². The number of halogens is 1. The van der Waals surface area contributed by atoms with Crippen LogP contribution in [0.4, 0.5) is 9.52 Å². The molecule has 2 aromatic heterocycles. The first kappa shape index (κ1) is 18.8. The molecule has 0 saturated carbocycles. The van der Waals surface area contributed by atoms with Gasteiger partial charge in [0.05, 0.1) is 16.6 Å². The smallest absolute Gasteiger partial charge is 0.302 e. The van der Waals surface area contributed by atoms with Crippen LogP contribution in [0.2, 0.25) is 0 Å². The van der Waals surface area contributed by atoms with Crippen LogP contribution in [-0.2, 0) is 11.3 Å². The monoisotopic (exact) mass is 410 g/mol. The average Bonchev–Trinajstić information content (AvgIpc) is 3.16. The van der Waals surface area contributed by atoms with E-state index in [-0.39, 0.29) is 24.7 Å². The zero-order valence-corrected chi connectivity index (χ0v) is 15.8. The summed E-state index contributed by atoms with van der Waals surface area (Å²) >= 11 is 1.25. The molecule has 2 aromatic carbocycles. The Hall–Kier alpha value is -3.59. The number of para-hydroxylation sites is 1. The van der Waals surface area contributed by atoms with Crippen molar-refractivity contribution < 1.29 is 9.18 Å². The van der Waals surface area contributed by atoms with Crippen LogP contribution in [0.3, 0.4) is 0 Å². The van der Waals surface area contributed by atoms with E-state index in [1.165, 1.54) is 28.0 Å². The molecule has 4 aromatic rings. The molecule has 0 atom stereocenters. The molecule has 2 heterocycles. The fourth-order valence-corrected chi connectivity index (χ4v) is 3.68. The highest BCUT2D eigenvalue weighted by molar-refractivity contribution is 7.14. The molecule has 9 heteroatoms. The van der Waals surface area contributed by atoms with E-state index in [1.807, 2.05) is 0 Å². The van der Waals surface area contributed by atoms with E-state index in [4.69, 9.17) is 0 Å². The molecule has 0 saturated heterocycles. The Morgan fingerprint density at radius 3 is 2.69 bits per heavy atom. The molecule has 0 aliphatic heterocycles. The molecule has 0 spiro atoms. The number of carbonyl (C=O) groups excluding carboxylic acids is 1. The minimum atomic E-state index is -0.561. The third kappa shape index (κ3) is 3.99. The van der Waals surface area contributed by atoms with Gasteiger partial charge in [-0.25, -0.2) is 14.2 Å². The number of amides is 1. The molecule has 29 heavy (non-hydrogen) atoms. The SMILES string of the molecule is O=C(CCn1c(=O)[nH]c(=O)c2ccccc21)Nc1nc(-c2ccc(F)cc2)cs1. The Morgan fingerprint density at radius 1 is 1.14 bits per heavy atom. The summed E-state index contributed by atoms with van der Waals surface area (Å²) in [5.74, 6) is -0.644. The Kier molecular flexibility index (Phi) is 5.05. The van der Waals surface area contributed by atoms with Crippen molar-refractivity contribution in [2.75, 3.05) is 5.32 Å². The van der Waals surface area contributed by atoms with Crippen molar-refractivity contribution in [2.45, 2.75) is 13.0 Å². The molecule has 0 bridgehead atoms. The number of aromatic amines is 1. The molecular weight excluding hydrogens is 395 g/mol. The van der Waals surface area contributed by atoms with E-state index in [0.29, 0.717) is 21.7 Å². The van der Waals surface area contributed by atoms with Crippen molar-refractivity contribution in [3.05, 3.63) is 80.6 Å². The predicted octanol–water partition coefficient (Wildman–Crippen LogP) is 2.98. The Bertz CT molecular complexity index is 1310. The highest BCUT2D eigenvalue weighted by Gasteiger charge is 2.11. The van der Waals surface area contributed by atoms with Crippen LogP contribution < -0.4 is 16.6 Å². The van der Waals surface area contributed by atoms with E-state index in [2.05, 4.69) is 15.3 Å². The number of nitrogens with one attached hydrogen (secondary N) is 2. The quantitative estimate of drug-likeness (QED) is 0.529. The topological polar surface area (TPSA) is 96.9 Å². The predicted molar refractivity (Wildman–Crippen MR) is 110 cm³/mol. The van der Waals surface area contributed by atoms with Gasteiger partial charge in [0.25, 0.3) is 5.56 Å². The molecule has 2 N–H and O–H groups in total. The number of anilines is 1. The Morgan fingerprint density at radius 2 is 1.90 bits per heavy atom. The van der Waals surface area contributed by atoms with Gasteiger partial charge in [-0.15, -0.1) is 11.3 Å². The molecular formula is C20H15FN4O3S. The maximum absolute atomic E-state index is 13.0. The van der Waals surface area contributed by atoms with Gasteiger partial charge in [-0.05, 0) is 36.4 Å². The molecule has 1 amide bonds. The number of aromatic nitrogens is 3. The Balaban J connectivity index is 1.46. The number of carbonyl (C=O) groups is 1. The van der Waals surface area contributed by atoms with Gasteiger partial charge in [0.15, 0.2) is 5.13 Å². The zero-order chi connectivity index (χ0) is 20.4. The molecule has 0 radical (unpaired) electrons. The first-order valence-electron chi connectivity index (χ1n) is 8.74. The van der Waals surface area contributed by atoms with E-state index >= 15 is 0 Å². The van der Waals surface area contributed by atoms with Gasteiger partial charge in [0, 0.05) is 23.9 Å². The molecule has 146 valence electrons. The maximum Gasteiger partial charge on any atom is 0.328 e. The summed E-state index contributed by atoms with van der Waals surface area (Å²) < 4.78 is 14.4. The van der Waals surface area contributed by atoms with Crippen molar-refractivity contribution in [3.63, 3.8) is 0 Å². The van der Waals surface area contributed by atoms with Crippen LogP contribution in [0, 0.1) is 5.82 Å².